The highest BCUT2D eigenvalue weighted by molar-refractivity contribution is 5.83. The van der Waals surface area contributed by atoms with E-state index in [4.69, 9.17) is 20.4 Å². The first-order chi connectivity index (χ1) is 12.2. The van der Waals surface area contributed by atoms with E-state index in [1.165, 1.54) is 25.0 Å². The number of aliphatic carboxylic acids is 2. The molecule has 144 valence electrons. The maximum absolute atomic E-state index is 13.2. The van der Waals surface area contributed by atoms with Crippen molar-refractivity contribution in [3.8, 4) is 0 Å². The normalized spacial score (nSPS) is 26.4. The van der Waals surface area contributed by atoms with Gasteiger partial charge in [0.2, 0.25) is 0 Å². The minimum Gasteiger partial charge on any atom is -0.479 e. The summed E-state index contributed by atoms with van der Waals surface area (Å²) in [6.07, 6.45) is -2.19. The van der Waals surface area contributed by atoms with Crippen LogP contribution in [0.15, 0.2) is 18.2 Å². The van der Waals surface area contributed by atoms with Gasteiger partial charge < -0.3 is 25.3 Å². The number of aliphatic hydroxyl groups excluding tert-OH is 2. The topological polar surface area (TPSA) is 118 Å². The number of rotatable bonds is 4. The second-order valence-corrected chi connectivity index (χ2v) is 6.51. The lowest BCUT2D eigenvalue weighted by atomic mass is 9.75. The number of carboxylic acids is 2. The molecule has 1 aromatic rings. The van der Waals surface area contributed by atoms with Crippen LogP contribution in [0.4, 0.5) is 8.78 Å². The molecule has 3 unspecified atom stereocenters. The first-order valence-corrected chi connectivity index (χ1v) is 8.19. The molecule has 0 radical (unpaired) electrons. The second kappa shape index (κ2) is 8.52. The average molecular weight is 373 g/mol. The molecule has 7 nitrogen and oxygen atoms in total. The predicted molar refractivity (Wildman–Crippen MR) is 85.5 cm³/mol. The first kappa shape index (κ1) is 20.2. The average Bonchev–Trinajstić information content (AvgIpc) is 2.61. The number of hydrogen-bond donors (Lipinski definition) is 4. The highest BCUT2D eigenvalue weighted by Gasteiger charge is 2.35. The third-order valence-electron chi connectivity index (χ3n) is 4.77. The summed E-state index contributed by atoms with van der Waals surface area (Å²) >= 11 is 0. The molecule has 4 N–H and O–H groups in total. The number of piperidine rings is 3. The van der Waals surface area contributed by atoms with Crippen molar-refractivity contribution < 1.29 is 38.8 Å². The molecule has 0 spiro atoms. The molecular formula is C17H21F2NO6. The smallest absolute Gasteiger partial charge is 0.335 e. The molecule has 3 saturated heterocycles. The number of hydrogen-bond acceptors (Lipinski definition) is 5. The molecule has 3 aliphatic rings. The van der Waals surface area contributed by atoms with Crippen molar-refractivity contribution >= 4 is 11.9 Å². The van der Waals surface area contributed by atoms with E-state index in [1.54, 1.807) is 0 Å². The number of aliphatic hydroxyl groups is 2. The largest absolute Gasteiger partial charge is 0.479 e. The summed E-state index contributed by atoms with van der Waals surface area (Å²) in [6.45, 7) is 3.27. The van der Waals surface area contributed by atoms with Gasteiger partial charge in [-0.1, -0.05) is 0 Å². The predicted octanol–water partition coefficient (Wildman–Crippen LogP) is 0.651. The van der Waals surface area contributed by atoms with E-state index in [2.05, 4.69) is 4.90 Å². The minimum atomic E-state index is -2.27. The van der Waals surface area contributed by atoms with Gasteiger partial charge in [0.25, 0.3) is 0 Å². The van der Waals surface area contributed by atoms with Crippen LogP contribution < -0.4 is 0 Å². The standard InChI is InChI=1S/C13H15F2N.C4H6O6/c14-11-5-10(6-12(15)7-11)13-8-16-3-1-9(13)2-4-16;5-1(3(7)8)2(6)4(9)10/h5-7,9,13H,1-4,8H2;1-2,5-6H,(H,7,8)(H,9,10). The first-order valence-electron chi connectivity index (χ1n) is 8.19. The zero-order valence-corrected chi connectivity index (χ0v) is 13.9. The van der Waals surface area contributed by atoms with E-state index >= 15 is 0 Å². The molecule has 9 heteroatoms. The van der Waals surface area contributed by atoms with Crippen molar-refractivity contribution in [2.45, 2.75) is 31.0 Å². The molecule has 0 saturated carbocycles. The van der Waals surface area contributed by atoms with Gasteiger partial charge in [-0.2, -0.15) is 0 Å². The minimum absolute atomic E-state index is 0.327. The van der Waals surface area contributed by atoms with E-state index in [0.29, 0.717) is 11.8 Å². The summed E-state index contributed by atoms with van der Waals surface area (Å²) in [4.78, 5) is 21.9. The summed E-state index contributed by atoms with van der Waals surface area (Å²) in [5.74, 6) is -3.50. The monoisotopic (exact) mass is 373 g/mol. The van der Waals surface area contributed by atoms with Gasteiger partial charge in [0, 0.05) is 12.6 Å². The summed E-state index contributed by atoms with van der Waals surface area (Å²) < 4.78 is 26.3. The summed E-state index contributed by atoms with van der Waals surface area (Å²) in [5, 5.41) is 32.5. The Balaban J connectivity index is 0.000000213. The van der Waals surface area contributed by atoms with Gasteiger partial charge >= 0.3 is 11.9 Å². The van der Waals surface area contributed by atoms with Crippen molar-refractivity contribution in [3.63, 3.8) is 0 Å². The van der Waals surface area contributed by atoms with Gasteiger partial charge in [0.05, 0.1) is 0 Å². The molecule has 1 aromatic carbocycles. The molecule has 3 heterocycles. The molecule has 26 heavy (non-hydrogen) atoms. The van der Waals surface area contributed by atoms with Crippen molar-refractivity contribution in [1.29, 1.82) is 0 Å². The van der Waals surface area contributed by atoms with Gasteiger partial charge in [-0.05, 0) is 55.5 Å². The molecule has 3 fully saturated rings. The van der Waals surface area contributed by atoms with Crippen LogP contribution in [0, 0.1) is 17.6 Å². The number of carboxylic acid groups (broad SMARTS) is 2. The zero-order chi connectivity index (χ0) is 19.4. The maximum atomic E-state index is 13.2. The summed E-state index contributed by atoms with van der Waals surface area (Å²) in [6, 6.07) is 3.94. The van der Waals surface area contributed by atoms with Crippen LogP contribution >= 0.6 is 0 Å². The highest BCUT2D eigenvalue weighted by atomic mass is 19.1. The zero-order valence-electron chi connectivity index (χ0n) is 13.9. The Kier molecular flexibility index (Phi) is 6.63. The lowest BCUT2D eigenvalue weighted by Gasteiger charge is -2.45. The molecule has 3 aliphatic heterocycles. The third-order valence-corrected chi connectivity index (χ3v) is 4.77. The van der Waals surface area contributed by atoms with Crippen LogP contribution in [-0.2, 0) is 9.59 Å². The Morgan fingerprint density at radius 2 is 1.42 bits per heavy atom. The summed E-state index contributed by atoms with van der Waals surface area (Å²) in [5.41, 5.74) is 0.840. The van der Waals surface area contributed by atoms with Gasteiger partial charge in [0.1, 0.15) is 11.6 Å². The molecule has 4 rings (SSSR count). The Labute approximate surface area is 148 Å². The van der Waals surface area contributed by atoms with E-state index in [1.807, 2.05) is 0 Å². The number of carbonyl (C=O) groups is 2. The Hall–Kier alpha value is -2.10. The molecular weight excluding hydrogens is 352 g/mol. The van der Waals surface area contributed by atoms with Gasteiger partial charge in [-0.3, -0.25) is 0 Å². The van der Waals surface area contributed by atoms with E-state index in [9.17, 15) is 18.4 Å². The lowest BCUT2D eigenvalue weighted by molar-refractivity contribution is -0.165. The van der Waals surface area contributed by atoms with Crippen molar-refractivity contribution in [2.24, 2.45) is 5.92 Å². The maximum Gasteiger partial charge on any atom is 0.335 e. The third kappa shape index (κ3) is 4.96. The summed E-state index contributed by atoms with van der Waals surface area (Å²) in [7, 11) is 0. The Bertz CT molecular complexity index is 624. The van der Waals surface area contributed by atoms with Crippen LogP contribution in [0.5, 0.6) is 0 Å². The SMILES string of the molecule is Fc1cc(F)cc(C2CN3CCC2CC3)c1.O=C(O)C(O)C(O)C(=O)O. The van der Waals surface area contributed by atoms with Crippen LogP contribution in [-0.4, -0.2) is 69.1 Å². The molecule has 0 aromatic heterocycles. The highest BCUT2D eigenvalue weighted by Crippen LogP contribution is 2.39. The number of nitrogens with zero attached hydrogens (tertiary/aromatic N) is 1. The van der Waals surface area contributed by atoms with E-state index in [0.717, 1.165) is 31.3 Å². The quantitative estimate of drug-likeness (QED) is 0.612. The molecule has 3 atom stereocenters. The van der Waals surface area contributed by atoms with Crippen molar-refractivity contribution in [3.05, 3.63) is 35.4 Å². The van der Waals surface area contributed by atoms with E-state index in [-0.39, 0.29) is 0 Å². The number of fused-ring (bicyclic) bond motifs is 3. The van der Waals surface area contributed by atoms with E-state index < -0.39 is 35.8 Å². The fraction of sp³-hybridized carbons (Fsp3) is 0.529. The molecule has 0 aliphatic carbocycles. The van der Waals surface area contributed by atoms with Crippen molar-refractivity contribution in [2.75, 3.05) is 19.6 Å². The number of benzene rings is 1. The second-order valence-electron chi connectivity index (χ2n) is 6.51. The van der Waals surface area contributed by atoms with Gasteiger partial charge in [-0.25, -0.2) is 18.4 Å². The number of halogens is 2. The van der Waals surface area contributed by atoms with Gasteiger partial charge in [0.15, 0.2) is 12.2 Å². The lowest BCUT2D eigenvalue weighted by Crippen LogP contribution is -2.46. The van der Waals surface area contributed by atoms with Crippen LogP contribution in [0.1, 0.15) is 24.3 Å². The van der Waals surface area contributed by atoms with Gasteiger partial charge in [-0.15, -0.1) is 0 Å². The molecule has 2 bridgehead atoms. The van der Waals surface area contributed by atoms with Crippen LogP contribution in [0.2, 0.25) is 0 Å². The molecule has 0 amide bonds. The van der Waals surface area contributed by atoms with Crippen LogP contribution in [0.25, 0.3) is 0 Å². The van der Waals surface area contributed by atoms with Crippen molar-refractivity contribution in [1.82, 2.24) is 4.90 Å². The Morgan fingerprint density at radius 3 is 1.77 bits per heavy atom. The fourth-order valence-electron chi connectivity index (χ4n) is 3.40. The van der Waals surface area contributed by atoms with Crippen LogP contribution in [0.3, 0.4) is 0 Å². The fourth-order valence-corrected chi connectivity index (χ4v) is 3.40. The Morgan fingerprint density at radius 1 is 0.962 bits per heavy atom.